The Morgan fingerprint density at radius 2 is 0.571 bits per heavy atom. The van der Waals surface area contributed by atoms with Crippen molar-refractivity contribution in [2.45, 2.75) is 0 Å². The van der Waals surface area contributed by atoms with E-state index in [0.717, 1.165) is 0 Å². The molecular weight excluding hydrogens is 456 g/mol. The van der Waals surface area contributed by atoms with Gasteiger partial charge in [-0.05, 0) is 0 Å². The fourth-order valence-corrected chi connectivity index (χ4v) is 0. The summed E-state index contributed by atoms with van der Waals surface area (Å²) < 4.78 is 0. The first kappa shape index (κ1) is 57.2. The average molecular weight is 456 g/mol. The third kappa shape index (κ3) is 35.3. The molecule has 0 aliphatic heterocycles. The van der Waals surface area contributed by atoms with E-state index in [9.17, 15) is 0 Å². The molecule has 0 N–H and O–H groups in total. The molecule has 0 aliphatic rings. The number of hydrogen-bond acceptors (Lipinski definition) is 0. The zero-order chi connectivity index (χ0) is 0. The Hall–Kier alpha value is 5.11. The van der Waals surface area contributed by atoms with E-state index in [4.69, 9.17) is 0 Å². The first-order chi connectivity index (χ1) is 0. The Balaban J connectivity index is 0. The molecule has 2 nitrogen and oxygen atoms in total. The maximum atomic E-state index is 0. The number of hydrogen-bond donors (Lipinski definition) is 0. The first-order valence-electron chi connectivity index (χ1n) is 0. The van der Waals surface area contributed by atoms with E-state index in [2.05, 4.69) is 0 Å². The van der Waals surface area contributed by atoms with Gasteiger partial charge in [0.1, 0.15) is 0 Å². The Morgan fingerprint density at radius 3 is 0.571 bits per heavy atom. The van der Waals surface area contributed by atoms with Crippen molar-refractivity contribution in [3.8, 4) is 0 Å². The minimum atomic E-state index is 0. The molecule has 0 aromatic heterocycles. The largest absolute Gasteiger partial charge is 3.00 e. The molecule has 0 saturated carbocycles. The van der Waals surface area contributed by atoms with Gasteiger partial charge in [0.25, 0.3) is 0 Å². The Morgan fingerprint density at radius 1 is 0.571 bits per heavy atom. The van der Waals surface area contributed by atoms with E-state index in [-0.39, 0.29) is 172 Å². The summed E-state index contributed by atoms with van der Waals surface area (Å²) in [7, 11) is 0. The maximum Gasteiger partial charge on any atom is 3.00 e. The van der Waals surface area contributed by atoms with E-state index in [1.807, 2.05) is 0 Å². The summed E-state index contributed by atoms with van der Waals surface area (Å²) in [6, 6.07) is 0. The minimum absolute atomic E-state index is 0. The Labute approximate surface area is 166 Å². The van der Waals surface area contributed by atoms with Crippen LogP contribution in [0.15, 0.2) is 0 Å². The quantitative estimate of drug-likeness (QED) is 0.421. The van der Waals surface area contributed by atoms with Gasteiger partial charge >= 0.3 is 161 Å². The second kappa shape index (κ2) is 43.5. The molecule has 7 heteroatoms. The molecule has 0 aromatic rings. The normalized spacial score (nSPS) is 0. The monoisotopic (exact) mass is 457 g/mol. The van der Waals surface area contributed by atoms with Crippen LogP contribution in [0.3, 0.4) is 0 Å². The standard InChI is InChI=1S/La.2Mn.2O.2Sr/q+3;2*+2;2*-2;2*+2. The summed E-state index contributed by atoms with van der Waals surface area (Å²) in [5.74, 6) is 0. The molecule has 0 atom stereocenters. The summed E-state index contributed by atoms with van der Waals surface area (Å²) in [4.78, 5) is 0. The Kier molecular flexibility index (Phi) is 355. The molecule has 0 bridgehead atoms. The van der Waals surface area contributed by atoms with Crippen LogP contribution in [0.4, 0.5) is 0 Å². The predicted octanol–water partition coefficient (Wildman–Crippen LogP) is -1.00. The first-order valence-corrected chi connectivity index (χ1v) is 0. The van der Waals surface area contributed by atoms with Gasteiger partial charge in [-0.15, -0.1) is 0 Å². The molecule has 0 heterocycles. The molecule has 0 aromatic carbocycles. The van der Waals surface area contributed by atoms with Crippen LogP contribution in [0.2, 0.25) is 0 Å². The van der Waals surface area contributed by atoms with Crippen LogP contribution in [0, 0.1) is 35.6 Å². The zero-order valence-electron chi connectivity index (χ0n) is 3.56. The van der Waals surface area contributed by atoms with E-state index in [0.29, 0.717) is 0 Å². The van der Waals surface area contributed by atoms with Gasteiger partial charge in [0.2, 0.25) is 0 Å². The second-order valence-corrected chi connectivity index (χ2v) is 0. The van der Waals surface area contributed by atoms with E-state index < -0.39 is 0 Å². The van der Waals surface area contributed by atoms with E-state index in [1.165, 1.54) is 0 Å². The van der Waals surface area contributed by atoms with Gasteiger partial charge < -0.3 is 11.0 Å². The molecule has 0 unspecified atom stereocenters. The zero-order valence-corrected chi connectivity index (χ0v) is 16.5. The van der Waals surface area contributed by atoms with Gasteiger partial charge in [-0.1, -0.05) is 0 Å². The van der Waals surface area contributed by atoms with E-state index in [1.54, 1.807) is 0 Å². The smallest absolute Gasteiger partial charge is 2.00 e. The topological polar surface area (TPSA) is 57.0 Å². The van der Waals surface area contributed by atoms with Crippen molar-refractivity contribution in [2.24, 2.45) is 0 Å². The van der Waals surface area contributed by atoms with Crippen molar-refractivity contribution in [3.63, 3.8) is 0 Å². The molecule has 0 fully saturated rings. The SMILES string of the molecule is [La+3].[Mn+2].[Mn+2].[O-2].[O-2].[Sr+2].[Sr+2]. The van der Waals surface area contributed by atoms with Crippen molar-refractivity contribution in [3.05, 3.63) is 0 Å². The predicted molar refractivity (Wildman–Crippen MR) is 12.9 cm³/mol. The van der Waals surface area contributed by atoms with Crippen LogP contribution in [-0.4, -0.2) is 91.0 Å². The fraction of sp³-hybridized carbons (Fsp3) is 0. The maximum absolute atomic E-state index is 0. The van der Waals surface area contributed by atoms with Crippen LogP contribution in [0.5, 0.6) is 0 Å². The molecular formula is LaMn2O2Sr2+7. The average Bonchev–Trinajstić information content (AvgIpc) is 0. The van der Waals surface area contributed by atoms with Gasteiger partial charge in [0, 0.05) is 0 Å². The van der Waals surface area contributed by atoms with Crippen LogP contribution in [-0.2, 0) is 45.1 Å². The number of rotatable bonds is 0. The molecule has 0 rings (SSSR count). The summed E-state index contributed by atoms with van der Waals surface area (Å²) in [6.07, 6.45) is 0. The van der Waals surface area contributed by atoms with Gasteiger partial charge in [-0.3, -0.25) is 0 Å². The summed E-state index contributed by atoms with van der Waals surface area (Å²) >= 11 is 0. The third-order valence-corrected chi connectivity index (χ3v) is 0. The van der Waals surface area contributed by atoms with Gasteiger partial charge in [0.05, 0.1) is 0 Å². The van der Waals surface area contributed by atoms with Crippen molar-refractivity contribution in [2.75, 3.05) is 0 Å². The third-order valence-electron chi connectivity index (χ3n) is 0. The van der Waals surface area contributed by atoms with Crippen LogP contribution >= 0.6 is 0 Å². The molecule has 0 saturated heterocycles. The molecule has 0 spiro atoms. The van der Waals surface area contributed by atoms with Crippen LogP contribution in [0.25, 0.3) is 0 Å². The van der Waals surface area contributed by atoms with Crippen LogP contribution < -0.4 is 0 Å². The summed E-state index contributed by atoms with van der Waals surface area (Å²) in [6.45, 7) is 0. The van der Waals surface area contributed by atoms with Crippen LogP contribution in [0.1, 0.15) is 0 Å². The van der Waals surface area contributed by atoms with E-state index >= 15 is 0 Å². The fourth-order valence-electron chi connectivity index (χ4n) is 0. The van der Waals surface area contributed by atoms with Gasteiger partial charge in [-0.25, -0.2) is 0 Å². The molecule has 0 amide bonds. The molecule has 2 radical (unpaired) electrons. The molecule has 7 heavy (non-hydrogen) atoms. The second-order valence-electron chi connectivity index (χ2n) is 0. The minimum Gasteiger partial charge on any atom is -2.00 e. The molecule has 0 aliphatic carbocycles. The van der Waals surface area contributed by atoms with Crippen molar-refractivity contribution in [1.29, 1.82) is 0 Å². The summed E-state index contributed by atoms with van der Waals surface area (Å²) in [5, 5.41) is 0. The molecule has 26 valence electrons. The van der Waals surface area contributed by atoms with Crippen molar-refractivity contribution < 1.29 is 80.7 Å². The Bertz CT molecular complexity index is 13.7. The summed E-state index contributed by atoms with van der Waals surface area (Å²) in [5.41, 5.74) is 0. The van der Waals surface area contributed by atoms with Gasteiger partial charge in [-0.2, -0.15) is 0 Å². The van der Waals surface area contributed by atoms with Crippen molar-refractivity contribution >= 4 is 91.0 Å². The van der Waals surface area contributed by atoms with Gasteiger partial charge in [0.15, 0.2) is 0 Å². The van der Waals surface area contributed by atoms with Crippen molar-refractivity contribution in [1.82, 2.24) is 0 Å².